The third kappa shape index (κ3) is 4.22. The van der Waals surface area contributed by atoms with Gasteiger partial charge in [0, 0.05) is 23.9 Å². The molecule has 0 spiro atoms. The lowest BCUT2D eigenvalue weighted by Crippen LogP contribution is -2.28. The van der Waals surface area contributed by atoms with Gasteiger partial charge in [-0.25, -0.2) is 4.68 Å². The van der Waals surface area contributed by atoms with E-state index in [1.54, 1.807) is 10.9 Å². The van der Waals surface area contributed by atoms with Gasteiger partial charge in [-0.05, 0) is 19.1 Å². The van der Waals surface area contributed by atoms with Crippen molar-refractivity contribution in [2.24, 2.45) is 0 Å². The van der Waals surface area contributed by atoms with Gasteiger partial charge in [0.05, 0.1) is 28.3 Å². The molecule has 6 nitrogen and oxygen atoms in total. The number of aromatic nitrogens is 4. The molecule has 1 amide bonds. The van der Waals surface area contributed by atoms with Gasteiger partial charge in [0.25, 0.3) is 0 Å². The zero-order chi connectivity index (χ0) is 20.2. The molecule has 0 aliphatic heterocycles. The number of para-hydroxylation sites is 1. The largest absolute Gasteiger partial charge is 0.350 e. The highest BCUT2D eigenvalue weighted by Gasteiger charge is 2.14. The van der Waals surface area contributed by atoms with E-state index in [4.69, 9.17) is 16.7 Å². The molecular weight excluding hydrogens is 386 g/mol. The van der Waals surface area contributed by atoms with Crippen LogP contribution in [-0.2, 0) is 17.9 Å². The van der Waals surface area contributed by atoms with Crippen LogP contribution in [0.5, 0.6) is 0 Å². The Morgan fingerprint density at radius 1 is 1.07 bits per heavy atom. The minimum Gasteiger partial charge on any atom is -0.350 e. The van der Waals surface area contributed by atoms with Gasteiger partial charge >= 0.3 is 0 Å². The average molecular weight is 406 g/mol. The highest BCUT2D eigenvalue weighted by Crippen LogP contribution is 2.23. The number of nitrogens with one attached hydrogen (secondary N) is 1. The van der Waals surface area contributed by atoms with Crippen molar-refractivity contribution in [3.8, 4) is 16.9 Å². The fourth-order valence-corrected chi connectivity index (χ4v) is 3.20. The van der Waals surface area contributed by atoms with E-state index in [2.05, 4.69) is 10.4 Å². The quantitative estimate of drug-likeness (QED) is 0.527. The maximum Gasteiger partial charge on any atom is 0.242 e. The molecule has 2 aromatic carbocycles. The Labute approximate surface area is 173 Å². The van der Waals surface area contributed by atoms with E-state index in [0.29, 0.717) is 11.6 Å². The van der Waals surface area contributed by atoms with E-state index in [1.165, 1.54) is 0 Å². The molecule has 0 saturated heterocycles. The van der Waals surface area contributed by atoms with Crippen molar-refractivity contribution < 1.29 is 4.79 Å². The fraction of sp³-hybridized carbons (Fsp3) is 0.136. The smallest absolute Gasteiger partial charge is 0.242 e. The fourth-order valence-electron chi connectivity index (χ4n) is 3.06. The van der Waals surface area contributed by atoms with Gasteiger partial charge in [-0.3, -0.25) is 9.48 Å². The Kier molecular flexibility index (Phi) is 5.44. The van der Waals surface area contributed by atoms with Crippen molar-refractivity contribution >= 4 is 17.5 Å². The van der Waals surface area contributed by atoms with Crippen LogP contribution in [0.2, 0.25) is 5.02 Å². The molecule has 0 saturated carbocycles. The molecule has 2 heterocycles. The van der Waals surface area contributed by atoms with Crippen molar-refractivity contribution in [1.29, 1.82) is 0 Å². The summed E-state index contributed by atoms with van der Waals surface area (Å²) in [4.78, 5) is 12.4. The molecular formula is C22H20ClN5O. The van der Waals surface area contributed by atoms with Crippen LogP contribution in [0.15, 0.2) is 73.1 Å². The highest BCUT2D eigenvalue weighted by molar-refractivity contribution is 6.31. The van der Waals surface area contributed by atoms with Crippen molar-refractivity contribution in [3.05, 3.63) is 89.3 Å². The van der Waals surface area contributed by atoms with Crippen molar-refractivity contribution in [1.82, 2.24) is 24.9 Å². The number of benzene rings is 2. The van der Waals surface area contributed by atoms with Crippen LogP contribution < -0.4 is 5.32 Å². The number of hydrogen-bond donors (Lipinski definition) is 1. The van der Waals surface area contributed by atoms with Gasteiger partial charge in [0.15, 0.2) is 0 Å². The van der Waals surface area contributed by atoms with Crippen molar-refractivity contribution in [2.75, 3.05) is 0 Å². The summed E-state index contributed by atoms with van der Waals surface area (Å²) in [7, 11) is 0. The van der Waals surface area contributed by atoms with Crippen molar-refractivity contribution in [3.63, 3.8) is 0 Å². The molecule has 4 rings (SSSR count). The van der Waals surface area contributed by atoms with Crippen LogP contribution in [0.25, 0.3) is 16.9 Å². The van der Waals surface area contributed by atoms with E-state index < -0.39 is 0 Å². The molecule has 0 atom stereocenters. The first-order valence-electron chi connectivity index (χ1n) is 9.26. The van der Waals surface area contributed by atoms with Gasteiger partial charge in [-0.1, -0.05) is 60.1 Å². The molecule has 29 heavy (non-hydrogen) atoms. The summed E-state index contributed by atoms with van der Waals surface area (Å²) in [6.07, 6.45) is 3.50. The molecule has 0 aliphatic carbocycles. The van der Waals surface area contributed by atoms with E-state index in [9.17, 15) is 4.79 Å². The molecule has 0 unspecified atom stereocenters. The van der Waals surface area contributed by atoms with E-state index >= 15 is 0 Å². The van der Waals surface area contributed by atoms with E-state index in [0.717, 1.165) is 28.2 Å². The monoisotopic (exact) mass is 405 g/mol. The summed E-state index contributed by atoms with van der Waals surface area (Å²) in [5.41, 5.74) is 4.51. The number of carbonyl (C=O) groups is 1. The van der Waals surface area contributed by atoms with Gasteiger partial charge in [0.2, 0.25) is 5.91 Å². The Morgan fingerprint density at radius 3 is 2.41 bits per heavy atom. The van der Waals surface area contributed by atoms with Crippen LogP contribution in [0.1, 0.15) is 11.3 Å². The molecule has 1 N–H and O–H groups in total. The van der Waals surface area contributed by atoms with Crippen molar-refractivity contribution in [2.45, 2.75) is 20.0 Å². The number of halogens is 1. The summed E-state index contributed by atoms with van der Waals surface area (Å²) in [5, 5.41) is 12.4. The lowest BCUT2D eigenvalue weighted by molar-refractivity contribution is -0.122. The number of rotatable bonds is 6. The van der Waals surface area contributed by atoms with Crippen LogP contribution in [0.4, 0.5) is 0 Å². The van der Waals surface area contributed by atoms with Gasteiger partial charge in [0.1, 0.15) is 6.54 Å². The van der Waals surface area contributed by atoms with Gasteiger partial charge < -0.3 is 5.32 Å². The number of hydrogen-bond acceptors (Lipinski definition) is 3. The third-order valence-electron chi connectivity index (χ3n) is 4.67. The molecule has 2 aromatic heterocycles. The Bertz CT molecular complexity index is 1120. The second-order valence-corrected chi connectivity index (χ2v) is 7.07. The predicted molar refractivity (Wildman–Crippen MR) is 113 cm³/mol. The van der Waals surface area contributed by atoms with Gasteiger partial charge in [-0.15, -0.1) is 0 Å². The molecule has 0 aliphatic rings. The van der Waals surface area contributed by atoms with E-state index in [1.807, 2.05) is 78.5 Å². The Hall–Kier alpha value is -3.38. The zero-order valence-electron chi connectivity index (χ0n) is 15.9. The van der Waals surface area contributed by atoms with Crippen LogP contribution >= 0.6 is 11.6 Å². The number of nitrogens with zero attached hydrogens (tertiary/aromatic N) is 4. The second-order valence-electron chi connectivity index (χ2n) is 6.66. The first-order valence-corrected chi connectivity index (χ1v) is 9.63. The maximum atomic E-state index is 12.4. The standard InChI is InChI=1S/C22H20ClN5O/c1-16-20(23)13-25-27(16)15-21(29)24-12-18-14-28(19-10-6-3-7-11-19)26-22(18)17-8-4-2-5-9-17/h2-11,13-14H,12,15H2,1H3,(H,24,29). The summed E-state index contributed by atoms with van der Waals surface area (Å²) in [5.74, 6) is -0.140. The van der Waals surface area contributed by atoms with Crippen LogP contribution in [-0.4, -0.2) is 25.5 Å². The average Bonchev–Trinajstić information content (AvgIpc) is 3.32. The number of amides is 1. The molecule has 0 fully saturated rings. The first kappa shape index (κ1) is 19.0. The lowest BCUT2D eigenvalue weighted by Gasteiger charge is -2.07. The first-order chi connectivity index (χ1) is 14.1. The molecule has 0 bridgehead atoms. The summed E-state index contributed by atoms with van der Waals surface area (Å²) >= 11 is 6.01. The molecule has 7 heteroatoms. The third-order valence-corrected chi connectivity index (χ3v) is 5.04. The van der Waals surface area contributed by atoms with Gasteiger partial charge in [-0.2, -0.15) is 10.2 Å². The molecule has 4 aromatic rings. The molecule has 0 radical (unpaired) electrons. The summed E-state index contributed by atoms with van der Waals surface area (Å²) in [6, 6.07) is 19.8. The topological polar surface area (TPSA) is 64.7 Å². The van der Waals surface area contributed by atoms with Crippen LogP contribution in [0.3, 0.4) is 0 Å². The summed E-state index contributed by atoms with van der Waals surface area (Å²) in [6.45, 7) is 2.32. The highest BCUT2D eigenvalue weighted by atomic mass is 35.5. The number of carbonyl (C=O) groups excluding carboxylic acids is 1. The predicted octanol–water partition coefficient (Wildman–Crippen LogP) is 4.01. The van der Waals surface area contributed by atoms with Crippen LogP contribution in [0, 0.1) is 6.92 Å². The Morgan fingerprint density at radius 2 is 1.76 bits per heavy atom. The normalized spacial score (nSPS) is 10.8. The maximum absolute atomic E-state index is 12.4. The zero-order valence-corrected chi connectivity index (χ0v) is 16.7. The minimum atomic E-state index is -0.140. The summed E-state index contributed by atoms with van der Waals surface area (Å²) < 4.78 is 3.42. The minimum absolute atomic E-state index is 0.117. The lowest BCUT2D eigenvalue weighted by atomic mass is 10.1. The second kappa shape index (κ2) is 8.32. The van der Waals surface area contributed by atoms with E-state index in [-0.39, 0.29) is 12.5 Å². The Balaban J connectivity index is 1.56. The molecule has 146 valence electrons. The SMILES string of the molecule is Cc1c(Cl)cnn1CC(=O)NCc1cn(-c2ccccc2)nc1-c1ccccc1.